The molecule has 1 aromatic carbocycles. The third-order valence-electron chi connectivity index (χ3n) is 3.20. The van der Waals surface area contributed by atoms with Crippen LogP contribution in [0.2, 0.25) is 0 Å². The monoisotopic (exact) mass is 274 g/mol. The lowest BCUT2D eigenvalue weighted by molar-refractivity contribution is 0.177. The number of benzene rings is 1. The van der Waals surface area contributed by atoms with Crippen LogP contribution in [0.15, 0.2) is 36.5 Å². The molecule has 0 saturated carbocycles. The summed E-state index contributed by atoms with van der Waals surface area (Å²) in [5, 5.41) is 14.5. The van der Waals surface area contributed by atoms with E-state index in [2.05, 4.69) is 12.0 Å². The summed E-state index contributed by atoms with van der Waals surface area (Å²) >= 11 is 0. The van der Waals surface area contributed by atoms with E-state index in [0.717, 1.165) is 36.5 Å². The van der Waals surface area contributed by atoms with E-state index in [-0.39, 0.29) is 0 Å². The molecule has 1 atom stereocenters. The molecule has 2 rings (SSSR count). The van der Waals surface area contributed by atoms with Crippen molar-refractivity contribution in [3.05, 3.63) is 47.8 Å². The van der Waals surface area contributed by atoms with Gasteiger partial charge in [0.15, 0.2) is 0 Å². The first-order valence-electron chi connectivity index (χ1n) is 7.08. The maximum absolute atomic E-state index is 10.2. The molecule has 1 aromatic heterocycles. The van der Waals surface area contributed by atoms with Crippen LogP contribution in [-0.4, -0.2) is 21.5 Å². The van der Waals surface area contributed by atoms with Gasteiger partial charge in [0.05, 0.1) is 18.4 Å². The van der Waals surface area contributed by atoms with Crippen molar-refractivity contribution in [1.29, 1.82) is 0 Å². The average Bonchev–Trinajstić information content (AvgIpc) is 2.85. The summed E-state index contributed by atoms with van der Waals surface area (Å²) in [7, 11) is 1.87. The van der Waals surface area contributed by atoms with Crippen LogP contribution in [0.25, 0.3) is 0 Å². The average molecular weight is 274 g/mol. The van der Waals surface area contributed by atoms with Crippen molar-refractivity contribution < 1.29 is 9.84 Å². The molecule has 0 aliphatic carbocycles. The van der Waals surface area contributed by atoms with E-state index in [1.807, 2.05) is 43.6 Å². The molecule has 2 aromatic rings. The highest BCUT2D eigenvalue weighted by Crippen LogP contribution is 2.20. The predicted octanol–water partition coefficient (Wildman–Crippen LogP) is 2.88. The van der Waals surface area contributed by atoms with E-state index in [1.54, 1.807) is 4.68 Å². The Morgan fingerprint density at radius 3 is 2.60 bits per heavy atom. The van der Waals surface area contributed by atoms with Crippen molar-refractivity contribution in [3.8, 4) is 5.75 Å². The molecule has 108 valence electrons. The van der Waals surface area contributed by atoms with Gasteiger partial charge in [0.1, 0.15) is 5.75 Å². The Labute approximate surface area is 120 Å². The zero-order valence-electron chi connectivity index (χ0n) is 12.1. The largest absolute Gasteiger partial charge is 0.494 e. The molecule has 0 aliphatic rings. The van der Waals surface area contributed by atoms with E-state index >= 15 is 0 Å². The number of unbranched alkanes of at least 4 members (excludes halogenated alkanes) is 1. The summed E-state index contributed by atoms with van der Waals surface area (Å²) in [6.45, 7) is 2.88. The zero-order valence-corrected chi connectivity index (χ0v) is 12.1. The predicted molar refractivity (Wildman–Crippen MR) is 78.7 cm³/mol. The SMILES string of the molecule is CCCCOc1ccc(C(O)Cc2ccn(C)n2)cc1. The summed E-state index contributed by atoms with van der Waals surface area (Å²) in [5.74, 6) is 0.854. The Kier molecular flexibility index (Phi) is 5.18. The van der Waals surface area contributed by atoms with Crippen LogP contribution in [0.4, 0.5) is 0 Å². The molecule has 1 unspecified atom stereocenters. The van der Waals surface area contributed by atoms with Crippen molar-refractivity contribution >= 4 is 0 Å². The van der Waals surface area contributed by atoms with E-state index < -0.39 is 6.10 Å². The first-order chi connectivity index (χ1) is 9.69. The van der Waals surface area contributed by atoms with Gasteiger partial charge in [-0.05, 0) is 30.2 Å². The molecule has 0 amide bonds. The lowest BCUT2D eigenvalue weighted by Gasteiger charge is -2.11. The number of rotatable bonds is 7. The number of aromatic nitrogens is 2. The summed E-state index contributed by atoms with van der Waals surface area (Å²) in [4.78, 5) is 0. The normalized spacial score (nSPS) is 12.3. The molecule has 0 aliphatic heterocycles. The molecule has 20 heavy (non-hydrogen) atoms. The Balaban J connectivity index is 1.91. The standard InChI is InChI=1S/C16H22N2O2/c1-3-4-11-20-15-7-5-13(6-8-15)16(19)12-14-9-10-18(2)17-14/h5-10,16,19H,3-4,11-12H2,1-2H3. The molecule has 0 saturated heterocycles. The van der Waals surface area contributed by atoms with Crippen molar-refractivity contribution in [2.45, 2.75) is 32.3 Å². The molecule has 1 heterocycles. The van der Waals surface area contributed by atoms with Crippen LogP contribution in [-0.2, 0) is 13.5 Å². The maximum atomic E-state index is 10.2. The highest BCUT2D eigenvalue weighted by molar-refractivity contribution is 5.29. The van der Waals surface area contributed by atoms with E-state index in [4.69, 9.17) is 4.74 Å². The third-order valence-corrected chi connectivity index (χ3v) is 3.20. The Morgan fingerprint density at radius 1 is 1.25 bits per heavy atom. The van der Waals surface area contributed by atoms with Gasteiger partial charge in [0.2, 0.25) is 0 Å². The van der Waals surface area contributed by atoms with Crippen LogP contribution >= 0.6 is 0 Å². The summed E-state index contributed by atoms with van der Waals surface area (Å²) < 4.78 is 7.35. The minimum absolute atomic E-state index is 0.525. The molecule has 4 heteroatoms. The fourth-order valence-electron chi connectivity index (χ4n) is 2.01. The van der Waals surface area contributed by atoms with Crippen LogP contribution < -0.4 is 4.74 Å². The number of nitrogens with zero attached hydrogens (tertiary/aromatic N) is 2. The number of hydrogen-bond donors (Lipinski definition) is 1. The number of ether oxygens (including phenoxy) is 1. The topological polar surface area (TPSA) is 47.3 Å². The minimum Gasteiger partial charge on any atom is -0.494 e. The molecule has 1 N–H and O–H groups in total. The third kappa shape index (κ3) is 4.10. The fourth-order valence-corrected chi connectivity index (χ4v) is 2.01. The van der Waals surface area contributed by atoms with Gasteiger partial charge in [-0.3, -0.25) is 4.68 Å². The molecule has 0 bridgehead atoms. The highest BCUT2D eigenvalue weighted by Gasteiger charge is 2.10. The van der Waals surface area contributed by atoms with Gasteiger partial charge in [-0.25, -0.2) is 0 Å². The van der Waals surface area contributed by atoms with Crippen LogP contribution in [0.5, 0.6) is 5.75 Å². The molecular weight excluding hydrogens is 252 g/mol. The summed E-state index contributed by atoms with van der Waals surface area (Å²) in [6, 6.07) is 9.56. The van der Waals surface area contributed by atoms with Crippen LogP contribution in [0, 0.1) is 0 Å². The maximum Gasteiger partial charge on any atom is 0.119 e. The van der Waals surface area contributed by atoms with Crippen molar-refractivity contribution in [3.63, 3.8) is 0 Å². The lowest BCUT2D eigenvalue weighted by Crippen LogP contribution is -2.03. The van der Waals surface area contributed by atoms with Crippen molar-refractivity contribution in [2.75, 3.05) is 6.61 Å². The van der Waals surface area contributed by atoms with Gasteiger partial charge in [-0.1, -0.05) is 25.5 Å². The molecule has 0 spiro atoms. The number of hydrogen-bond acceptors (Lipinski definition) is 3. The summed E-state index contributed by atoms with van der Waals surface area (Å²) in [5.41, 5.74) is 1.78. The Bertz CT molecular complexity index is 520. The molecular formula is C16H22N2O2. The van der Waals surface area contributed by atoms with Gasteiger partial charge in [-0.2, -0.15) is 5.10 Å². The second kappa shape index (κ2) is 7.10. The van der Waals surface area contributed by atoms with Gasteiger partial charge >= 0.3 is 0 Å². The molecule has 4 nitrogen and oxygen atoms in total. The second-order valence-electron chi connectivity index (χ2n) is 4.97. The van der Waals surface area contributed by atoms with Gasteiger partial charge in [0, 0.05) is 19.7 Å². The molecule has 0 fully saturated rings. The number of aliphatic hydroxyl groups excluding tert-OH is 1. The Morgan fingerprint density at radius 2 is 2.00 bits per heavy atom. The van der Waals surface area contributed by atoms with E-state index in [9.17, 15) is 5.11 Å². The van der Waals surface area contributed by atoms with Crippen LogP contribution in [0.3, 0.4) is 0 Å². The first kappa shape index (κ1) is 14.6. The Hall–Kier alpha value is -1.81. The van der Waals surface area contributed by atoms with Gasteiger partial charge in [0.25, 0.3) is 0 Å². The zero-order chi connectivity index (χ0) is 14.4. The van der Waals surface area contributed by atoms with E-state index in [1.165, 1.54) is 0 Å². The van der Waals surface area contributed by atoms with E-state index in [0.29, 0.717) is 6.42 Å². The fraction of sp³-hybridized carbons (Fsp3) is 0.438. The smallest absolute Gasteiger partial charge is 0.119 e. The van der Waals surface area contributed by atoms with Crippen LogP contribution in [0.1, 0.15) is 37.1 Å². The van der Waals surface area contributed by atoms with Gasteiger partial charge < -0.3 is 9.84 Å². The van der Waals surface area contributed by atoms with Crippen molar-refractivity contribution in [2.24, 2.45) is 7.05 Å². The number of aryl methyl sites for hydroxylation is 1. The first-order valence-corrected chi connectivity index (χ1v) is 7.08. The number of aliphatic hydroxyl groups is 1. The second-order valence-corrected chi connectivity index (χ2v) is 4.97. The van der Waals surface area contributed by atoms with Crippen molar-refractivity contribution in [1.82, 2.24) is 9.78 Å². The quantitative estimate of drug-likeness (QED) is 0.790. The minimum atomic E-state index is -0.533. The lowest BCUT2D eigenvalue weighted by atomic mass is 10.1. The summed E-state index contributed by atoms with van der Waals surface area (Å²) in [6.07, 6.45) is 4.06. The van der Waals surface area contributed by atoms with Gasteiger partial charge in [-0.15, -0.1) is 0 Å². The molecule has 0 radical (unpaired) electrons. The highest BCUT2D eigenvalue weighted by atomic mass is 16.5.